The molecule has 68 valence electrons. The van der Waals surface area contributed by atoms with E-state index < -0.39 is 5.97 Å². The molecule has 0 aliphatic carbocycles. The van der Waals surface area contributed by atoms with Gasteiger partial charge in [-0.25, -0.2) is 0 Å². The molecule has 0 aromatic heterocycles. The molecule has 3 nitrogen and oxygen atoms in total. The van der Waals surface area contributed by atoms with E-state index in [4.69, 9.17) is 0 Å². The van der Waals surface area contributed by atoms with Crippen molar-refractivity contribution in [2.24, 2.45) is 0 Å². The van der Waals surface area contributed by atoms with Crippen LogP contribution < -0.4 is 5.11 Å². The third kappa shape index (κ3) is 1.78. The second-order valence-corrected chi connectivity index (χ2v) is 3.19. The first kappa shape index (κ1) is 9.10. The molecule has 0 spiro atoms. The predicted octanol–water partition coefficient (Wildman–Crippen LogP) is 0.126. The van der Waals surface area contributed by atoms with Gasteiger partial charge in [0.15, 0.2) is 0 Å². The van der Waals surface area contributed by atoms with Crippen LogP contribution in [0, 0.1) is 0 Å². The van der Waals surface area contributed by atoms with E-state index in [1.165, 1.54) is 0 Å². The fourth-order valence-electron chi connectivity index (χ4n) is 1.44. The van der Waals surface area contributed by atoms with Gasteiger partial charge in [-0.1, -0.05) is 0 Å². The number of hydrogen-bond acceptors (Lipinski definition) is 3. The molecule has 1 aliphatic rings. The van der Waals surface area contributed by atoms with E-state index in [-0.39, 0.29) is 0 Å². The Morgan fingerprint density at radius 2 is 1.75 bits per heavy atom. The molecule has 1 aliphatic heterocycles. The van der Waals surface area contributed by atoms with E-state index in [9.17, 15) is 9.90 Å². The summed E-state index contributed by atoms with van der Waals surface area (Å²) in [5, 5.41) is 10.5. The lowest BCUT2D eigenvalue weighted by molar-refractivity contribution is -0.299. The predicted molar refractivity (Wildman–Crippen MR) is 44.2 cm³/mol. The molecule has 1 heterocycles. The number of carboxylic acid groups (broad SMARTS) is 1. The van der Waals surface area contributed by atoms with E-state index in [1.807, 2.05) is 6.92 Å². The maximum Gasteiger partial charge on any atom is 0.0689 e. The fraction of sp³-hybridized carbons (Fsp3) is 0.667. The summed E-state index contributed by atoms with van der Waals surface area (Å²) in [6.45, 7) is 5.41. The van der Waals surface area contributed by atoms with Crippen molar-refractivity contribution in [1.82, 2.24) is 4.90 Å². The van der Waals surface area contributed by atoms with Gasteiger partial charge in [-0.15, -0.1) is 0 Å². The molecule has 0 aromatic carbocycles. The van der Waals surface area contributed by atoms with E-state index in [1.54, 1.807) is 6.92 Å². The van der Waals surface area contributed by atoms with Gasteiger partial charge in [-0.2, -0.15) is 0 Å². The highest BCUT2D eigenvalue weighted by Gasteiger charge is 2.13. The summed E-state index contributed by atoms with van der Waals surface area (Å²) in [7, 11) is 0. The number of likely N-dealkylation sites (tertiary alicyclic amines) is 1. The molecule has 3 heteroatoms. The van der Waals surface area contributed by atoms with Crippen molar-refractivity contribution in [3.63, 3.8) is 0 Å². The smallest absolute Gasteiger partial charge is 0.0689 e. The first-order valence-corrected chi connectivity index (χ1v) is 4.26. The highest BCUT2D eigenvalue weighted by atomic mass is 16.4. The molecule has 0 N–H and O–H groups in total. The average molecular weight is 168 g/mol. The topological polar surface area (TPSA) is 43.4 Å². The third-order valence-corrected chi connectivity index (χ3v) is 2.43. The Hall–Kier alpha value is -0.990. The van der Waals surface area contributed by atoms with Gasteiger partial charge in [0.25, 0.3) is 0 Å². The summed E-state index contributed by atoms with van der Waals surface area (Å²) < 4.78 is 0. The van der Waals surface area contributed by atoms with Crippen LogP contribution in [0.4, 0.5) is 0 Å². The van der Waals surface area contributed by atoms with Crippen LogP contribution in [0.2, 0.25) is 0 Å². The Morgan fingerprint density at radius 3 is 2.17 bits per heavy atom. The summed E-state index contributed by atoms with van der Waals surface area (Å²) in [6.07, 6.45) is 2.33. The SMILES string of the molecule is C/C(C(=O)[O-])=C(\C)N1CCCC1. The summed E-state index contributed by atoms with van der Waals surface area (Å²) in [6, 6.07) is 0. The van der Waals surface area contributed by atoms with Gasteiger partial charge >= 0.3 is 0 Å². The van der Waals surface area contributed by atoms with Crippen molar-refractivity contribution in [2.45, 2.75) is 26.7 Å². The molecule has 0 amide bonds. The minimum atomic E-state index is -1.06. The first-order chi connectivity index (χ1) is 5.63. The average Bonchev–Trinajstić information content (AvgIpc) is 2.53. The number of allylic oxidation sites excluding steroid dienone is 1. The first-order valence-electron chi connectivity index (χ1n) is 4.26. The van der Waals surface area contributed by atoms with Crippen LogP contribution >= 0.6 is 0 Å². The number of nitrogens with zero attached hydrogens (tertiary/aromatic N) is 1. The number of carboxylic acids is 1. The van der Waals surface area contributed by atoms with Gasteiger partial charge < -0.3 is 14.8 Å². The van der Waals surface area contributed by atoms with Crippen molar-refractivity contribution in [1.29, 1.82) is 0 Å². The minimum absolute atomic E-state index is 0.358. The van der Waals surface area contributed by atoms with Crippen molar-refractivity contribution in [2.75, 3.05) is 13.1 Å². The molecule has 0 radical (unpaired) electrons. The number of rotatable bonds is 2. The largest absolute Gasteiger partial charge is 0.545 e. The molecule has 0 aromatic rings. The zero-order valence-electron chi connectivity index (χ0n) is 7.59. The van der Waals surface area contributed by atoms with Crippen molar-refractivity contribution < 1.29 is 9.90 Å². The number of hydrogen-bond donors (Lipinski definition) is 0. The Morgan fingerprint density at radius 1 is 1.25 bits per heavy atom. The van der Waals surface area contributed by atoms with Crippen molar-refractivity contribution in [3.8, 4) is 0 Å². The number of carbonyl (C=O) groups is 1. The number of aliphatic carboxylic acids is 1. The molecule has 0 unspecified atom stereocenters. The van der Waals surface area contributed by atoms with Gasteiger partial charge in [-0.05, 0) is 32.3 Å². The van der Waals surface area contributed by atoms with Gasteiger partial charge in [0, 0.05) is 18.8 Å². The standard InChI is InChI=1S/C9H15NO2/c1-7(9(11)12)8(2)10-5-3-4-6-10/h3-6H2,1-2H3,(H,11,12)/p-1/b8-7-. The second-order valence-electron chi connectivity index (χ2n) is 3.19. The van der Waals surface area contributed by atoms with E-state index >= 15 is 0 Å². The van der Waals surface area contributed by atoms with Gasteiger partial charge in [-0.3, -0.25) is 0 Å². The van der Waals surface area contributed by atoms with Gasteiger partial charge in [0.05, 0.1) is 5.97 Å². The highest BCUT2D eigenvalue weighted by Crippen LogP contribution is 2.16. The van der Waals surface area contributed by atoms with Crippen LogP contribution in [-0.2, 0) is 4.79 Å². The molecule has 0 bridgehead atoms. The van der Waals surface area contributed by atoms with Crippen LogP contribution in [0.1, 0.15) is 26.7 Å². The van der Waals surface area contributed by atoms with Crippen LogP contribution in [0.5, 0.6) is 0 Å². The van der Waals surface area contributed by atoms with Crippen molar-refractivity contribution >= 4 is 5.97 Å². The zero-order valence-corrected chi connectivity index (χ0v) is 7.59. The van der Waals surface area contributed by atoms with Gasteiger partial charge in [0.2, 0.25) is 0 Å². The molecule has 1 rings (SSSR count). The zero-order chi connectivity index (χ0) is 9.14. The third-order valence-electron chi connectivity index (χ3n) is 2.43. The van der Waals surface area contributed by atoms with E-state index in [0.29, 0.717) is 5.57 Å². The van der Waals surface area contributed by atoms with Crippen molar-refractivity contribution in [3.05, 3.63) is 11.3 Å². The fourth-order valence-corrected chi connectivity index (χ4v) is 1.44. The highest BCUT2D eigenvalue weighted by molar-refractivity contribution is 5.84. The normalized spacial score (nSPS) is 19.3. The molecular weight excluding hydrogens is 154 g/mol. The van der Waals surface area contributed by atoms with Crippen LogP contribution in [-0.4, -0.2) is 24.0 Å². The molecule has 1 saturated heterocycles. The molecular formula is C9H14NO2-. The number of carbonyl (C=O) groups excluding carboxylic acids is 1. The summed E-state index contributed by atoms with van der Waals surface area (Å²) in [5.41, 5.74) is 1.21. The lowest BCUT2D eigenvalue weighted by Gasteiger charge is -2.21. The quantitative estimate of drug-likeness (QED) is 0.550. The van der Waals surface area contributed by atoms with Crippen LogP contribution in [0.25, 0.3) is 0 Å². The molecule has 0 atom stereocenters. The van der Waals surface area contributed by atoms with Gasteiger partial charge in [0.1, 0.15) is 0 Å². The summed E-state index contributed by atoms with van der Waals surface area (Å²) >= 11 is 0. The maximum atomic E-state index is 10.5. The Bertz CT molecular complexity index is 215. The minimum Gasteiger partial charge on any atom is -0.545 e. The summed E-state index contributed by atoms with van der Waals surface area (Å²) in [4.78, 5) is 12.6. The Balaban J connectivity index is 2.72. The monoisotopic (exact) mass is 168 g/mol. The summed E-state index contributed by atoms with van der Waals surface area (Å²) in [5.74, 6) is -1.06. The molecule has 12 heavy (non-hydrogen) atoms. The molecule has 0 saturated carbocycles. The van der Waals surface area contributed by atoms with Crippen LogP contribution in [0.3, 0.4) is 0 Å². The Kier molecular flexibility index (Phi) is 2.74. The second kappa shape index (κ2) is 3.61. The molecule has 1 fully saturated rings. The maximum absolute atomic E-state index is 10.5. The lowest BCUT2D eigenvalue weighted by atomic mass is 10.2. The Labute approximate surface area is 72.7 Å². The lowest BCUT2D eigenvalue weighted by Crippen LogP contribution is -2.28. The van der Waals surface area contributed by atoms with E-state index in [0.717, 1.165) is 31.6 Å². The van der Waals surface area contributed by atoms with E-state index in [2.05, 4.69) is 4.90 Å². The van der Waals surface area contributed by atoms with Crippen LogP contribution in [0.15, 0.2) is 11.3 Å².